The Hall–Kier alpha value is -2.17. The van der Waals surface area contributed by atoms with Crippen LogP contribution in [0, 0.1) is 4.91 Å². The molecule has 1 rings (SSSR count). The molecule has 21 heavy (non-hydrogen) atoms. The lowest BCUT2D eigenvalue weighted by Crippen LogP contribution is -2.09. The fourth-order valence-corrected chi connectivity index (χ4v) is 1.94. The number of nitroso groups, excluding NO2 is 1. The topological polar surface area (TPSA) is 65.0 Å². The lowest BCUT2D eigenvalue weighted by Gasteiger charge is -2.17. The first-order valence-corrected chi connectivity index (χ1v) is 6.87. The second-order valence-corrected chi connectivity index (χ2v) is 4.79. The van der Waals surface area contributed by atoms with E-state index in [1.807, 2.05) is 32.9 Å². The fraction of sp³-hybridized carbons (Fsp3) is 0.438. The van der Waals surface area contributed by atoms with Crippen LogP contribution in [0.4, 0.5) is 0 Å². The van der Waals surface area contributed by atoms with Gasteiger partial charge in [0.25, 0.3) is 0 Å². The maximum Gasteiger partial charge on any atom is 0.167 e. The van der Waals surface area contributed by atoms with Gasteiger partial charge in [-0.1, -0.05) is 17.3 Å². The Bertz CT molecular complexity index is 535. The van der Waals surface area contributed by atoms with Crippen molar-refractivity contribution in [3.63, 3.8) is 0 Å². The van der Waals surface area contributed by atoms with Gasteiger partial charge in [0.1, 0.15) is 0 Å². The molecule has 0 aromatic heterocycles. The summed E-state index contributed by atoms with van der Waals surface area (Å²) in [5.74, 6) is 0.967. The number of benzene rings is 1. The summed E-state index contributed by atoms with van der Waals surface area (Å²) < 4.78 is 11.1. The van der Waals surface area contributed by atoms with Crippen LogP contribution >= 0.6 is 0 Å². The van der Waals surface area contributed by atoms with Gasteiger partial charge in [-0.15, -0.1) is 0 Å². The Morgan fingerprint density at radius 3 is 2.62 bits per heavy atom. The largest absolute Gasteiger partial charge is 0.492 e. The van der Waals surface area contributed by atoms with E-state index in [1.54, 1.807) is 19.2 Å². The van der Waals surface area contributed by atoms with Crippen LogP contribution in [0.25, 0.3) is 6.08 Å². The van der Waals surface area contributed by atoms with E-state index < -0.39 is 0 Å². The number of Topliss-reactive ketones (excluding diaryl/α,β-unsaturated/α-hetero) is 1. The molecule has 0 radical (unpaired) electrons. The number of allylic oxidation sites excluding steroid dienone is 1. The van der Waals surface area contributed by atoms with Crippen LogP contribution in [0.3, 0.4) is 0 Å². The number of ether oxygens (including phenoxy) is 2. The van der Waals surface area contributed by atoms with Crippen LogP contribution < -0.4 is 9.47 Å². The third kappa shape index (κ3) is 4.70. The summed E-state index contributed by atoms with van der Waals surface area (Å²) in [5, 5.41) is 2.72. The van der Waals surface area contributed by atoms with Gasteiger partial charge in [-0.05, 0) is 32.9 Å². The molecular weight excluding hydrogens is 270 g/mol. The molecule has 5 nitrogen and oxygen atoms in total. The molecule has 0 fully saturated rings. The van der Waals surface area contributed by atoms with Gasteiger partial charge in [-0.3, -0.25) is 4.79 Å². The Labute approximate surface area is 124 Å². The Morgan fingerprint density at radius 1 is 1.38 bits per heavy atom. The Kier molecular flexibility index (Phi) is 6.59. The number of rotatable bonds is 8. The zero-order valence-electron chi connectivity index (χ0n) is 12.9. The molecule has 0 atom stereocenters. The van der Waals surface area contributed by atoms with Crippen molar-refractivity contribution in [3.05, 3.63) is 34.2 Å². The molecule has 0 aliphatic heterocycles. The van der Waals surface area contributed by atoms with Crippen molar-refractivity contribution in [1.82, 2.24) is 0 Å². The molecule has 0 amide bonds. The van der Waals surface area contributed by atoms with E-state index >= 15 is 0 Å². The first-order chi connectivity index (χ1) is 10.0. The van der Waals surface area contributed by atoms with E-state index in [0.717, 1.165) is 5.56 Å². The average Bonchev–Trinajstić information content (AvgIpc) is 2.44. The normalized spacial score (nSPS) is 10.9. The molecule has 0 heterocycles. The molecule has 0 unspecified atom stereocenters. The van der Waals surface area contributed by atoms with E-state index in [-0.39, 0.29) is 24.9 Å². The van der Waals surface area contributed by atoms with Crippen molar-refractivity contribution < 1.29 is 14.3 Å². The van der Waals surface area contributed by atoms with Gasteiger partial charge >= 0.3 is 0 Å². The van der Waals surface area contributed by atoms with Crippen LogP contribution in [0.15, 0.2) is 23.4 Å². The summed E-state index contributed by atoms with van der Waals surface area (Å²) in [7, 11) is 1.56. The quantitative estimate of drug-likeness (QED) is 0.539. The number of hydrogen-bond donors (Lipinski definition) is 0. The van der Waals surface area contributed by atoms with Crippen molar-refractivity contribution in [2.75, 3.05) is 13.7 Å². The standard InChI is InChI=1S/C16H21NO4/c1-5-6-12-9-13(14(18)7-8-17-19)10-15(16(12)20-4)21-11(2)3/h5-6,9-11H,7-8H2,1-4H3/b6-5+. The first-order valence-electron chi connectivity index (χ1n) is 6.87. The number of methoxy groups -OCH3 is 1. The van der Waals surface area contributed by atoms with Crippen molar-refractivity contribution in [2.45, 2.75) is 33.3 Å². The average molecular weight is 291 g/mol. The molecule has 114 valence electrons. The minimum Gasteiger partial charge on any atom is -0.492 e. The molecule has 5 heteroatoms. The van der Waals surface area contributed by atoms with E-state index in [9.17, 15) is 9.70 Å². The molecule has 1 aromatic rings. The van der Waals surface area contributed by atoms with Crippen LogP contribution in [0.1, 0.15) is 43.1 Å². The number of carbonyl (C=O) groups excluding carboxylic acids is 1. The Morgan fingerprint density at radius 2 is 2.10 bits per heavy atom. The summed E-state index contributed by atoms with van der Waals surface area (Å²) in [6, 6.07) is 3.39. The first kappa shape index (κ1) is 16.9. The lowest BCUT2D eigenvalue weighted by molar-refractivity contribution is 0.0984. The third-order valence-electron chi connectivity index (χ3n) is 2.75. The minimum atomic E-state index is -0.142. The summed E-state index contributed by atoms with van der Waals surface area (Å²) in [6.07, 6.45) is 3.75. The number of nitrogens with zero attached hydrogens (tertiary/aromatic N) is 1. The highest BCUT2D eigenvalue weighted by atomic mass is 16.5. The Balaban J connectivity index is 3.29. The maximum absolute atomic E-state index is 12.1. The van der Waals surface area contributed by atoms with Gasteiger partial charge in [0.15, 0.2) is 17.3 Å². The number of ketones is 1. The van der Waals surface area contributed by atoms with Crippen molar-refractivity contribution in [1.29, 1.82) is 0 Å². The van der Waals surface area contributed by atoms with E-state index in [0.29, 0.717) is 17.1 Å². The van der Waals surface area contributed by atoms with Gasteiger partial charge in [0, 0.05) is 17.5 Å². The van der Waals surface area contributed by atoms with Crippen LogP contribution in [0.5, 0.6) is 11.5 Å². The monoisotopic (exact) mass is 291 g/mol. The van der Waals surface area contributed by atoms with Crippen molar-refractivity contribution in [3.8, 4) is 11.5 Å². The molecule has 0 saturated heterocycles. The highest BCUT2D eigenvalue weighted by Crippen LogP contribution is 2.35. The van der Waals surface area contributed by atoms with E-state index in [4.69, 9.17) is 9.47 Å². The van der Waals surface area contributed by atoms with Crippen LogP contribution in [-0.4, -0.2) is 25.5 Å². The molecule has 0 saturated carbocycles. The second kappa shape index (κ2) is 8.19. The van der Waals surface area contributed by atoms with Crippen molar-refractivity contribution >= 4 is 11.9 Å². The number of hydrogen-bond acceptors (Lipinski definition) is 5. The van der Waals surface area contributed by atoms with E-state index in [1.165, 1.54) is 0 Å². The van der Waals surface area contributed by atoms with Gasteiger partial charge < -0.3 is 9.47 Å². The zero-order valence-corrected chi connectivity index (χ0v) is 12.9. The summed E-state index contributed by atoms with van der Waals surface area (Å²) >= 11 is 0. The molecule has 0 aliphatic carbocycles. The predicted octanol–water partition coefficient (Wildman–Crippen LogP) is 3.85. The second-order valence-electron chi connectivity index (χ2n) is 4.79. The van der Waals surface area contributed by atoms with Gasteiger partial charge in [0.2, 0.25) is 0 Å². The van der Waals surface area contributed by atoms with Crippen molar-refractivity contribution in [2.24, 2.45) is 5.18 Å². The summed E-state index contributed by atoms with van der Waals surface area (Å²) in [4.78, 5) is 22.2. The van der Waals surface area contributed by atoms with E-state index in [2.05, 4.69) is 5.18 Å². The number of carbonyl (C=O) groups is 1. The summed E-state index contributed by atoms with van der Waals surface area (Å²) in [5.41, 5.74) is 1.25. The van der Waals surface area contributed by atoms with Gasteiger partial charge in [-0.25, -0.2) is 0 Å². The molecule has 0 spiro atoms. The molecule has 1 aromatic carbocycles. The predicted molar refractivity (Wildman–Crippen MR) is 83.1 cm³/mol. The smallest absolute Gasteiger partial charge is 0.167 e. The lowest BCUT2D eigenvalue weighted by atomic mass is 10.0. The molecule has 0 aliphatic rings. The van der Waals surface area contributed by atoms with Gasteiger partial charge in [-0.2, -0.15) is 4.91 Å². The maximum atomic E-state index is 12.1. The zero-order chi connectivity index (χ0) is 15.8. The van der Waals surface area contributed by atoms with Crippen LogP contribution in [-0.2, 0) is 0 Å². The highest BCUT2D eigenvalue weighted by molar-refractivity contribution is 5.97. The molecule has 0 bridgehead atoms. The molecule has 0 N–H and O–H groups in total. The highest BCUT2D eigenvalue weighted by Gasteiger charge is 2.16. The third-order valence-corrected chi connectivity index (χ3v) is 2.75. The SMILES string of the molecule is C/C=C/c1cc(C(=O)CCN=O)cc(OC(C)C)c1OC. The fourth-order valence-electron chi connectivity index (χ4n) is 1.94. The minimum absolute atomic E-state index is 0.0236. The van der Waals surface area contributed by atoms with Crippen LogP contribution in [0.2, 0.25) is 0 Å². The summed E-state index contributed by atoms with van der Waals surface area (Å²) in [6.45, 7) is 5.66. The van der Waals surface area contributed by atoms with Gasteiger partial charge in [0.05, 0.1) is 19.8 Å². The molecular formula is C16H21NO4.